The van der Waals surface area contributed by atoms with Crippen molar-refractivity contribution in [3.05, 3.63) is 54.1 Å². The second-order valence-electron chi connectivity index (χ2n) is 7.13. The number of ether oxygens (including phenoxy) is 1. The zero-order valence-electron chi connectivity index (χ0n) is 15.7. The lowest BCUT2D eigenvalue weighted by atomic mass is 10.1. The Hall–Kier alpha value is -2.00. The van der Waals surface area contributed by atoms with Crippen molar-refractivity contribution in [2.75, 3.05) is 19.3 Å². The van der Waals surface area contributed by atoms with Crippen molar-refractivity contribution in [3.63, 3.8) is 0 Å². The van der Waals surface area contributed by atoms with Crippen LogP contribution in [0.2, 0.25) is 0 Å². The molecule has 1 fully saturated rings. The Morgan fingerprint density at radius 3 is 2.57 bits per heavy atom. The Kier molecular flexibility index (Phi) is 5.63. The molecule has 1 aliphatic rings. The first-order chi connectivity index (χ1) is 13.4. The topological polar surface area (TPSA) is 71.5 Å². The van der Waals surface area contributed by atoms with Gasteiger partial charge >= 0.3 is 0 Å². The highest BCUT2D eigenvalue weighted by Crippen LogP contribution is 2.31. The molecule has 1 aliphatic heterocycles. The molecule has 1 N–H and O–H groups in total. The maximum absolute atomic E-state index is 11.3. The van der Waals surface area contributed by atoms with Gasteiger partial charge in [0.25, 0.3) is 5.19 Å². The molecule has 8 heteroatoms. The smallest absolute Gasteiger partial charge is 0.279 e. The van der Waals surface area contributed by atoms with Crippen LogP contribution in [0.25, 0.3) is 10.2 Å². The van der Waals surface area contributed by atoms with Crippen molar-refractivity contribution in [2.24, 2.45) is 0 Å². The van der Waals surface area contributed by atoms with Crippen molar-refractivity contribution in [3.8, 4) is 10.9 Å². The molecule has 0 aliphatic carbocycles. The number of nitrogens with zero attached hydrogens (tertiary/aromatic N) is 2. The Balaban J connectivity index is 0.00000240. The Morgan fingerprint density at radius 1 is 1.18 bits per heavy atom. The fourth-order valence-corrected chi connectivity index (χ4v) is 5.10. The molecule has 0 bridgehead atoms. The van der Waals surface area contributed by atoms with E-state index in [0.29, 0.717) is 5.19 Å². The maximum atomic E-state index is 11.3. The summed E-state index contributed by atoms with van der Waals surface area (Å²) < 4.78 is 32.4. The molecule has 1 aromatic heterocycles. The van der Waals surface area contributed by atoms with Gasteiger partial charge in [0.05, 0.1) is 16.5 Å². The van der Waals surface area contributed by atoms with Crippen LogP contribution >= 0.6 is 11.3 Å². The van der Waals surface area contributed by atoms with E-state index >= 15 is 0 Å². The van der Waals surface area contributed by atoms with E-state index < -0.39 is 10.0 Å². The maximum Gasteiger partial charge on any atom is 0.279 e. The molecule has 1 saturated heterocycles. The van der Waals surface area contributed by atoms with Crippen LogP contribution in [0.3, 0.4) is 0 Å². The summed E-state index contributed by atoms with van der Waals surface area (Å²) in [5, 5.41) is 0.648. The number of aromatic nitrogens is 1. The van der Waals surface area contributed by atoms with Gasteiger partial charge in [0, 0.05) is 27.1 Å². The fraction of sp³-hybridized carbons (Fsp3) is 0.350. The second kappa shape index (κ2) is 8.16. The van der Waals surface area contributed by atoms with Crippen LogP contribution in [0.1, 0.15) is 19.8 Å². The highest BCUT2D eigenvalue weighted by Gasteiger charge is 2.21. The Labute approximate surface area is 170 Å². The number of rotatable bonds is 6. The lowest BCUT2D eigenvalue weighted by Gasteiger charge is -2.31. The molecule has 2 aromatic carbocycles. The normalized spacial score (nSPS) is 16.5. The first-order valence-corrected chi connectivity index (χ1v) is 12.0. The molecular formula is C20H25N3O3S2. The van der Waals surface area contributed by atoms with E-state index in [2.05, 4.69) is 26.7 Å². The van der Waals surface area contributed by atoms with Crippen molar-refractivity contribution >= 4 is 31.6 Å². The standard InChI is InChI=1S/C20H23N3O3S2.H2/c1-28(24,25)22-16-10-12-23(13-11-16)14-15-6-8-17(9-7-15)26-20-21-18-4-2-3-5-19(18)27-20;/h2-9,16,22H,10-14H2,1H3;1H. The zero-order chi connectivity index (χ0) is 19.6. The summed E-state index contributed by atoms with van der Waals surface area (Å²) in [6.07, 6.45) is 2.90. The number of sulfonamides is 1. The van der Waals surface area contributed by atoms with Gasteiger partial charge in [0.15, 0.2) is 0 Å². The summed E-state index contributed by atoms with van der Waals surface area (Å²) in [7, 11) is -3.13. The van der Waals surface area contributed by atoms with Crippen molar-refractivity contribution < 1.29 is 14.6 Å². The lowest BCUT2D eigenvalue weighted by Crippen LogP contribution is -2.43. The minimum absolute atomic E-state index is 0. The molecule has 0 amide bonds. The highest BCUT2D eigenvalue weighted by atomic mass is 32.2. The minimum Gasteiger partial charge on any atom is -0.431 e. The molecule has 3 aromatic rings. The Morgan fingerprint density at radius 2 is 1.89 bits per heavy atom. The third-order valence-corrected chi connectivity index (χ3v) is 6.45. The summed E-state index contributed by atoms with van der Waals surface area (Å²) >= 11 is 1.54. The van der Waals surface area contributed by atoms with E-state index in [-0.39, 0.29) is 7.47 Å². The first kappa shape index (κ1) is 19.3. The molecule has 0 spiro atoms. The number of para-hydroxylation sites is 1. The van der Waals surface area contributed by atoms with Crippen LogP contribution in [0.4, 0.5) is 0 Å². The van der Waals surface area contributed by atoms with Gasteiger partial charge < -0.3 is 4.74 Å². The van der Waals surface area contributed by atoms with Gasteiger partial charge in [-0.15, -0.1) is 0 Å². The molecule has 28 heavy (non-hydrogen) atoms. The lowest BCUT2D eigenvalue weighted by molar-refractivity contribution is 0.200. The average molecular weight is 420 g/mol. The predicted octanol–water partition coefficient (Wildman–Crippen LogP) is 3.85. The number of hydrogen-bond acceptors (Lipinski definition) is 6. The predicted molar refractivity (Wildman–Crippen MR) is 115 cm³/mol. The van der Waals surface area contributed by atoms with Crippen LogP contribution in [0.5, 0.6) is 10.9 Å². The van der Waals surface area contributed by atoms with Gasteiger partial charge in [-0.1, -0.05) is 35.6 Å². The quantitative estimate of drug-likeness (QED) is 0.657. The summed E-state index contributed by atoms with van der Waals surface area (Å²) in [6.45, 7) is 2.63. The largest absolute Gasteiger partial charge is 0.431 e. The second-order valence-corrected chi connectivity index (χ2v) is 9.91. The Bertz CT molecular complexity index is 1010. The average Bonchev–Trinajstić information content (AvgIpc) is 3.06. The molecule has 150 valence electrons. The van der Waals surface area contributed by atoms with Crippen LogP contribution in [-0.4, -0.2) is 43.7 Å². The molecule has 0 atom stereocenters. The minimum atomic E-state index is -3.13. The fourth-order valence-electron chi connectivity index (χ4n) is 3.43. The third kappa shape index (κ3) is 5.08. The molecule has 2 heterocycles. The molecule has 6 nitrogen and oxygen atoms in total. The van der Waals surface area contributed by atoms with Gasteiger partial charge in [-0.3, -0.25) is 4.90 Å². The first-order valence-electron chi connectivity index (χ1n) is 9.27. The number of likely N-dealkylation sites (tertiary alicyclic amines) is 1. The summed E-state index contributed by atoms with van der Waals surface area (Å²) in [5.41, 5.74) is 2.17. The van der Waals surface area contributed by atoms with Crippen molar-refractivity contribution in [1.29, 1.82) is 0 Å². The van der Waals surface area contributed by atoms with E-state index in [4.69, 9.17) is 4.74 Å². The van der Waals surface area contributed by atoms with Crippen LogP contribution < -0.4 is 9.46 Å². The van der Waals surface area contributed by atoms with E-state index in [1.165, 1.54) is 23.2 Å². The summed E-state index contributed by atoms with van der Waals surface area (Å²) in [4.78, 5) is 6.85. The number of hydrogen-bond donors (Lipinski definition) is 1. The van der Waals surface area contributed by atoms with Gasteiger partial charge in [-0.2, -0.15) is 0 Å². The van der Waals surface area contributed by atoms with Gasteiger partial charge in [0.2, 0.25) is 10.0 Å². The van der Waals surface area contributed by atoms with Crippen LogP contribution in [0.15, 0.2) is 48.5 Å². The molecular weight excluding hydrogens is 394 g/mol. The summed E-state index contributed by atoms with van der Waals surface area (Å²) in [6, 6.07) is 16.1. The number of benzene rings is 2. The number of piperidine rings is 1. The zero-order valence-corrected chi connectivity index (χ0v) is 17.3. The van der Waals surface area contributed by atoms with E-state index in [0.717, 1.165) is 48.4 Å². The third-order valence-electron chi connectivity index (χ3n) is 4.78. The van der Waals surface area contributed by atoms with Crippen molar-refractivity contribution in [2.45, 2.75) is 25.4 Å². The molecule has 4 rings (SSSR count). The summed E-state index contributed by atoms with van der Waals surface area (Å²) in [5.74, 6) is 0.777. The van der Waals surface area contributed by atoms with Gasteiger partial charge in [0.1, 0.15) is 5.75 Å². The molecule has 0 unspecified atom stereocenters. The van der Waals surface area contributed by atoms with Crippen LogP contribution in [-0.2, 0) is 16.6 Å². The van der Waals surface area contributed by atoms with Crippen molar-refractivity contribution in [1.82, 2.24) is 14.6 Å². The van der Waals surface area contributed by atoms with E-state index in [1.807, 2.05) is 36.4 Å². The number of fused-ring (bicyclic) bond motifs is 1. The van der Waals surface area contributed by atoms with Gasteiger partial charge in [-0.05, 0) is 42.7 Å². The SMILES string of the molecule is CS(=O)(=O)NC1CCN(Cc2ccc(Oc3nc4ccccc4s3)cc2)CC1.[HH]. The van der Waals surface area contributed by atoms with Gasteiger partial charge in [-0.25, -0.2) is 18.1 Å². The highest BCUT2D eigenvalue weighted by molar-refractivity contribution is 7.88. The molecule has 0 saturated carbocycles. The number of nitrogens with one attached hydrogen (secondary N) is 1. The number of thiazole rings is 1. The van der Waals surface area contributed by atoms with E-state index in [1.54, 1.807) is 0 Å². The molecule has 0 radical (unpaired) electrons. The van der Waals surface area contributed by atoms with Crippen LogP contribution in [0, 0.1) is 0 Å². The monoisotopic (exact) mass is 419 g/mol. The van der Waals surface area contributed by atoms with E-state index in [9.17, 15) is 8.42 Å².